The van der Waals surface area contributed by atoms with Gasteiger partial charge in [0.1, 0.15) is 0 Å². The third-order valence-corrected chi connectivity index (χ3v) is 2.71. The Labute approximate surface area is 128 Å². The third-order valence-electron chi connectivity index (χ3n) is 2.71. The van der Waals surface area contributed by atoms with Gasteiger partial charge in [-0.05, 0) is 24.6 Å². The topological polar surface area (TPSA) is 91.0 Å². The maximum atomic E-state index is 13.9. The van der Waals surface area contributed by atoms with Crippen molar-refractivity contribution in [3.63, 3.8) is 0 Å². The molecule has 0 aliphatic rings. The zero-order valence-corrected chi connectivity index (χ0v) is 12.8. The van der Waals surface area contributed by atoms with Gasteiger partial charge < -0.3 is 25.1 Å². The van der Waals surface area contributed by atoms with Crippen LogP contribution < -0.4 is 15.2 Å². The molecule has 0 amide bonds. The lowest BCUT2D eigenvalue weighted by Crippen LogP contribution is -2.31. The van der Waals surface area contributed by atoms with Crippen LogP contribution in [0.2, 0.25) is 0 Å². The summed E-state index contributed by atoms with van der Waals surface area (Å²) in [6.07, 6.45) is -2.02. The number of ether oxygens (including phenoxy) is 3. The number of alkyl halides is 1. The largest absolute Gasteiger partial charge is 0.502 e. The van der Waals surface area contributed by atoms with Crippen molar-refractivity contribution in [1.29, 1.82) is 0 Å². The molecule has 2 atom stereocenters. The summed E-state index contributed by atoms with van der Waals surface area (Å²) in [5.41, 5.74) is 5.95. The van der Waals surface area contributed by atoms with E-state index in [1.165, 1.54) is 26.4 Å². The van der Waals surface area contributed by atoms with E-state index in [1.807, 2.05) is 0 Å². The number of rotatable bonds is 6. The Balaban J connectivity index is 0.00000400. The van der Waals surface area contributed by atoms with Gasteiger partial charge in [0.15, 0.2) is 11.5 Å². The normalized spacial score (nSPS) is 12.8. The van der Waals surface area contributed by atoms with Crippen molar-refractivity contribution in [1.82, 2.24) is 0 Å². The van der Waals surface area contributed by atoms with Crippen molar-refractivity contribution in [3.8, 4) is 17.2 Å². The highest BCUT2D eigenvalue weighted by molar-refractivity contribution is 5.85. The second-order valence-corrected chi connectivity index (χ2v) is 3.95. The molecule has 3 N–H and O–H groups in total. The lowest BCUT2D eigenvalue weighted by atomic mass is 10.0. The number of methoxy groups -OCH3 is 2. The van der Waals surface area contributed by atoms with E-state index in [2.05, 4.69) is 4.74 Å². The van der Waals surface area contributed by atoms with E-state index in [9.17, 15) is 14.3 Å². The lowest BCUT2D eigenvalue weighted by Gasteiger charge is -2.18. The Kier molecular flexibility index (Phi) is 7.83. The second-order valence-electron chi connectivity index (χ2n) is 3.95. The Bertz CT molecular complexity index is 461. The Hall–Kier alpha value is -1.73. The Morgan fingerprint density at radius 1 is 1.33 bits per heavy atom. The van der Waals surface area contributed by atoms with Crippen LogP contribution in [0.1, 0.15) is 18.5 Å². The summed E-state index contributed by atoms with van der Waals surface area (Å²) >= 11 is 0. The van der Waals surface area contributed by atoms with Gasteiger partial charge in [0.05, 0.1) is 26.9 Å². The Morgan fingerprint density at radius 3 is 2.19 bits per heavy atom. The fraction of sp³-hybridized carbons (Fsp3) is 0.462. The molecule has 1 aromatic carbocycles. The van der Waals surface area contributed by atoms with E-state index < -0.39 is 18.2 Å². The molecule has 120 valence electrons. The van der Waals surface area contributed by atoms with Crippen molar-refractivity contribution in [2.45, 2.75) is 19.1 Å². The summed E-state index contributed by atoms with van der Waals surface area (Å²) in [5, 5.41) is 9.75. The van der Waals surface area contributed by atoms with Crippen molar-refractivity contribution >= 4 is 18.4 Å². The molecule has 0 bridgehead atoms. The molecule has 0 spiro atoms. The molecule has 0 aliphatic heterocycles. The molecule has 1 rings (SSSR count). The first kappa shape index (κ1) is 19.3. The highest BCUT2D eigenvalue weighted by Crippen LogP contribution is 2.39. The second kappa shape index (κ2) is 8.53. The standard InChI is InChI=1S/C13H18FNO5.ClH/c1-4-20-13(17)10(14)11(15)7-5-8(18-2)12(16)9(6-7)19-3;/h5-6,10-11,16H,4,15H2,1-3H3;1H/t10?,11-;/m0./s1. The van der Waals surface area contributed by atoms with Crippen LogP contribution in [0.4, 0.5) is 4.39 Å². The van der Waals surface area contributed by atoms with Crippen molar-refractivity contribution in [3.05, 3.63) is 17.7 Å². The van der Waals surface area contributed by atoms with Crippen LogP contribution in [0, 0.1) is 0 Å². The fourth-order valence-corrected chi connectivity index (χ4v) is 1.64. The van der Waals surface area contributed by atoms with Gasteiger partial charge in [0, 0.05) is 0 Å². The highest BCUT2D eigenvalue weighted by Gasteiger charge is 2.29. The number of phenols is 1. The van der Waals surface area contributed by atoms with E-state index in [0.29, 0.717) is 0 Å². The molecule has 0 saturated carbocycles. The van der Waals surface area contributed by atoms with Crippen LogP contribution in [0.15, 0.2) is 12.1 Å². The van der Waals surface area contributed by atoms with Crippen LogP contribution >= 0.6 is 12.4 Å². The number of carbonyl (C=O) groups excluding carboxylic acids is 1. The molecule has 0 radical (unpaired) electrons. The molecule has 0 aliphatic carbocycles. The van der Waals surface area contributed by atoms with Crippen LogP contribution in [-0.4, -0.2) is 38.1 Å². The van der Waals surface area contributed by atoms with Crippen molar-refractivity contribution in [2.24, 2.45) is 5.73 Å². The summed E-state index contributed by atoms with van der Waals surface area (Å²) in [5.74, 6) is -1.11. The summed E-state index contributed by atoms with van der Waals surface area (Å²) in [4.78, 5) is 11.3. The van der Waals surface area contributed by atoms with Gasteiger partial charge in [-0.25, -0.2) is 9.18 Å². The van der Waals surface area contributed by atoms with Crippen LogP contribution in [0.5, 0.6) is 17.2 Å². The summed E-state index contributed by atoms with van der Waals surface area (Å²) in [6, 6.07) is 1.43. The number of aromatic hydroxyl groups is 1. The SMILES string of the molecule is CCOC(=O)C(F)[C@@H](N)c1cc(OC)c(O)c(OC)c1.Cl. The van der Waals surface area contributed by atoms with E-state index in [1.54, 1.807) is 6.92 Å². The Morgan fingerprint density at radius 2 is 1.81 bits per heavy atom. The van der Waals surface area contributed by atoms with Crippen LogP contribution in [0.3, 0.4) is 0 Å². The van der Waals surface area contributed by atoms with Crippen LogP contribution in [-0.2, 0) is 9.53 Å². The molecule has 1 unspecified atom stereocenters. The van der Waals surface area contributed by atoms with Crippen LogP contribution in [0.25, 0.3) is 0 Å². The molecule has 0 heterocycles. The molecule has 0 fully saturated rings. The smallest absolute Gasteiger partial charge is 0.342 e. The van der Waals surface area contributed by atoms with E-state index in [0.717, 1.165) is 0 Å². The average molecular weight is 324 g/mol. The summed E-state index contributed by atoms with van der Waals surface area (Å²) < 4.78 is 28.4. The first-order valence-electron chi connectivity index (χ1n) is 5.97. The highest BCUT2D eigenvalue weighted by atomic mass is 35.5. The van der Waals surface area contributed by atoms with Crippen molar-refractivity contribution < 1.29 is 28.5 Å². The van der Waals surface area contributed by atoms with Gasteiger partial charge in [-0.3, -0.25) is 0 Å². The molecule has 0 aromatic heterocycles. The molecule has 0 saturated heterocycles. The number of benzene rings is 1. The summed E-state index contributed by atoms with van der Waals surface area (Å²) in [6.45, 7) is 1.64. The maximum Gasteiger partial charge on any atom is 0.342 e. The minimum atomic E-state index is -2.02. The maximum absolute atomic E-state index is 13.9. The predicted molar refractivity (Wildman–Crippen MR) is 76.9 cm³/mol. The van der Waals surface area contributed by atoms with E-state index >= 15 is 0 Å². The number of carbonyl (C=O) groups is 1. The number of halogens is 2. The molecule has 6 nitrogen and oxygen atoms in total. The minimum Gasteiger partial charge on any atom is -0.502 e. The van der Waals surface area contributed by atoms with Gasteiger partial charge in [0.25, 0.3) is 0 Å². The monoisotopic (exact) mass is 323 g/mol. The van der Waals surface area contributed by atoms with Gasteiger partial charge in [-0.1, -0.05) is 0 Å². The third kappa shape index (κ3) is 4.37. The fourth-order valence-electron chi connectivity index (χ4n) is 1.64. The number of nitrogens with two attached hydrogens (primary N) is 1. The zero-order chi connectivity index (χ0) is 15.3. The molecular weight excluding hydrogens is 305 g/mol. The van der Waals surface area contributed by atoms with Gasteiger partial charge >= 0.3 is 5.97 Å². The molecule has 21 heavy (non-hydrogen) atoms. The lowest BCUT2D eigenvalue weighted by molar-refractivity contribution is -0.149. The van der Waals surface area contributed by atoms with Gasteiger partial charge in [-0.2, -0.15) is 0 Å². The molecular formula is C13H19ClFNO5. The molecule has 8 heteroatoms. The first-order valence-corrected chi connectivity index (χ1v) is 5.97. The quantitative estimate of drug-likeness (QED) is 0.775. The number of hydrogen-bond acceptors (Lipinski definition) is 6. The number of phenolic OH excluding ortho intramolecular Hbond substituents is 1. The van der Waals surface area contributed by atoms with E-state index in [4.69, 9.17) is 15.2 Å². The van der Waals surface area contributed by atoms with Gasteiger partial charge in [0.2, 0.25) is 11.9 Å². The zero-order valence-electron chi connectivity index (χ0n) is 12.0. The average Bonchev–Trinajstić information content (AvgIpc) is 2.46. The minimum absolute atomic E-state index is 0. The molecule has 1 aromatic rings. The number of hydrogen-bond donors (Lipinski definition) is 2. The van der Waals surface area contributed by atoms with E-state index in [-0.39, 0.29) is 41.8 Å². The summed E-state index contributed by atoms with van der Waals surface area (Å²) in [7, 11) is 2.67. The predicted octanol–water partition coefficient (Wildman–Crippen LogP) is 1.73. The van der Waals surface area contributed by atoms with Crippen molar-refractivity contribution in [2.75, 3.05) is 20.8 Å². The number of esters is 1. The first-order chi connectivity index (χ1) is 9.46. The van der Waals surface area contributed by atoms with Gasteiger partial charge in [-0.15, -0.1) is 12.4 Å².